The van der Waals surface area contributed by atoms with Crippen LogP contribution in [0.2, 0.25) is 0 Å². The minimum absolute atomic E-state index is 0.00470. The Morgan fingerprint density at radius 1 is 1.04 bits per heavy atom. The third kappa shape index (κ3) is 1.64. The third-order valence-corrected chi connectivity index (χ3v) is 4.85. The molecule has 1 heterocycles. The van der Waals surface area contributed by atoms with Gasteiger partial charge in [0, 0.05) is 16.7 Å². The molecule has 120 valence electrons. The first-order valence-corrected chi connectivity index (χ1v) is 7.53. The van der Waals surface area contributed by atoms with Crippen LogP contribution in [0.4, 0.5) is 4.39 Å². The monoisotopic (exact) mass is 324 g/mol. The molecule has 0 N–H and O–H groups in total. The van der Waals surface area contributed by atoms with Crippen LogP contribution in [-0.4, -0.2) is 17.3 Å². The molecule has 4 nitrogen and oxygen atoms in total. The molecule has 0 saturated carbocycles. The molecular formula is C19H13FO4. The Bertz CT molecular complexity index is 975. The van der Waals surface area contributed by atoms with Crippen LogP contribution < -0.4 is 0 Å². The van der Waals surface area contributed by atoms with Gasteiger partial charge in [0.15, 0.2) is 5.78 Å². The molecule has 2 aliphatic rings. The predicted molar refractivity (Wildman–Crippen MR) is 84.7 cm³/mol. The van der Waals surface area contributed by atoms with Gasteiger partial charge in [-0.15, -0.1) is 0 Å². The van der Waals surface area contributed by atoms with Gasteiger partial charge < -0.3 is 4.42 Å². The molecule has 0 fully saturated rings. The number of rotatable bonds is 1. The number of fused-ring (bicyclic) bond motifs is 5. The predicted octanol–water partition coefficient (Wildman–Crippen LogP) is 3.67. The summed E-state index contributed by atoms with van der Waals surface area (Å²) in [6, 6.07) is 3.43. The van der Waals surface area contributed by atoms with E-state index in [2.05, 4.69) is 0 Å². The van der Waals surface area contributed by atoms with Crippen molar-refractivity contribution in [1.29, 1.82) is 0 Å². The topological polar surface area (TPSA) is 64.3 Å². The van der Waals surface area contributed by atoms with Crippen molar-refractivity contribution in [3.63, 3.8) is 0 Å². The lowest BCUT2D eigenvalue weighted by atomic mass is 9.71. The first-order valence-electron chi connectivity index (χ1n) is 7.53. The zero-order valence-electron chi connectivity index (χ0n) is 13.1. The Kier molecular flexibility index (Phi) is 2.83. The molecule has 2 aromatic rings. The molecule has 0 unspecified atom stereocenters. The van der Waals surface area contributed by atoms with E-state index in [1.807, 2.05) is 0 Å². The van der Waals surface area contributed by atoms with Gasteiger partial charge in [-0.1, -0.05) is 18.2 Å². The van der Waals surface area contributed by atoms with Crippen molar-refractivity contribution in [2.45, 2.75) is 25.9 Å². The molecule has 1 aromatic heterocycles. The lowest BCUT2D eigenvalue weighted by molar-refractivity contribution is -0.118. The van der Waals surface area contributed by atoms with Gasteiger partial charge in [-0.05, 0) is 31.1 Å². The summed E-state index contributed by atoms with van der Waals surface area (Å²) in [4.78, 5) is 37.3. The summed E-state index contributed by atoms with van der Waals surface area (Å²) < 4.78 is 18.5. The quantitative estimate of drug-likeness (QED) is 0.751. The number of carbonyl (C=O) groups excluding carboxylic acids is 3. The highest BCUT2D eigenvalue weighted by Gasteiger charge is 2.41. The molecule has 1 aromatic carbocycles. The number of ketones is 3. The summed E-state index contributed by atoms with van der Waals surface area (Å²) in [6.45, 7) is 2.68. The number of halogens is 1. The van der Waals surface area contributed by atoms with Crippen LogP contribution in [0.15, 0.2) is 28.9 Å². The van der Waals surface area contributed by atoms with E-state index in [0.29, 0.717) is 16.7 Å². The number of allylic oxidation sites excluding steroid dienone is 1. The lowest BCUT2D eigenvalue weighted by Crippen LogP contribution is -2.32. The van der Waals surface area contributed by atoms with Crippen LogP contribution in [0.3, 0.4) is 0 Å². The van der Waals surface area contributed by atoms with E-state index in [9.17, 15) is 18.8 Å². The van der Waals surface area contributed by atoms with Gasteiger partial charge in [0.1, 0.15) is 12.4 Å². The molecule has 4 rings (SSSR count). The molecule has 24 heavy (non-hydrogen) atoms. The molecule has 0 radical (unpaired) electrons. The molecular weight excluding hydrogens is 311 g/mol. The number of hydrogen-bond acceptors (Lipinski definition) is 4. The maximum absolute atomic E-state index is 13.1. The van der Waals surface area contributed by atoms with Gasteiger partial charge >= 0.3 is 0 Å². The minimum Gasteiger partial charge on any atom is -0.463 e. The molecule has 0 atom stereocenters. The average molecular weight is 324 g/mol. The van der Waals surface area contributed by atoms with Crippen molar-refractivity contribution in [2.75, 3.05) is 0 Å². The van der Waals surface area contributed by atoms with Crippen LogP contribution in [0.1, 0.15) is 51.3 Å². The Balaban J connectivity index is 2.08. The van der Waals surface area contributed by atoms with Crippen molar-refractivity contribution < 1.29 is 23.2 Å². The highest BCUT2D eigenvalue weighted by Crippen LogP contribution is 2.43. The van der Waals surface area contributed by atoms with Crippen LogP contribution >= 0.6 is 0 Å². The van der Waals surface area contributed by atoms with Gasteiger partial charge in [0.05, 0.1) is 17.2 Å². The van der Waals surface area contributed by atoms with Crippen LogP contribution in [0, 0.1) is 0 Å². The molecule has 0 spiro atoms. The summed E-state index contributed by atoms with van der Waals surface area (Å²) >= 11 is 0. The van der Waals surface area contributed by atoms with Gasteiger partial charge in [0.25, 0.3) is 0 Å². The molecule has 0 aliphatic heterocycles. The van der Waals surface area contributed by atoms with Crippen LogP contribution in [0.25, 0.3) is 17.4 Å². The highest BCUT2D eigenvalue weighted by atomic mass is 19.1. The summed E-state index contributed by atoms with van der Waals surface area (Å²) in [5.41, 5.74) is 1.23. The Morgan fingerprint density at radius 2 is 1.75 bits per heavy atom. The average Bonchev–Trinajstić information content (AvgIpc) is 2.99. The second-order valence-corrected chi connectivity index (χ2v) is 6.53. The Hall–Kier alpha value is -2.82. The van der Waals surface area contributed by atoms with Gasteiger partial charge in [-0.3, -0.25) is 14.4 Å². The van der Waals surface area contributed by atoms with E-state index in [-0.39, 0.29) is 28.2 Å². The summed E-state index contributed by atoms with van der Waals surface area (Å²) in [5, 5.41) is 0. The number of Topliss-reactive ketones (excluding diaryl/α,β-unsaturated/α-hetero) is 2. The maximum atomic E-state index is 13.1. The fraction of sp³-hybridized carbons (Fsp3) is 0.211. The molecule has 2 aliphatic carbocycles. The van der Waals surface area contributed by atoms with Gasteiger partial charge in [-0.25, -0.2) is 4.39 Å². The zero-order valence-corrected chi connectivity index (χ0v) is 13.1. The van der Waals surface area contributed by atoms with Crippen molar-refractivity contribution in [3.05, 3.63) is 52.3 Å². The van der Waals surface area contributed by atoms with Crippen LogP contribution in [-0.2, 0) is 16.9 Å². The number of alkyl halides is 1. The summed E-state index contributed by atoms with van der Waals surface area (Å²) in [5.74, 6) is -1.31. The first-order chi connectivity index (χ1) is 11.4. The Morgan fingerprint density at radius 3 is 2.46 bits per heavy atom. The van der Waals surface area contributed by atoms with Gasteiger partial charge in [0.2, 0.25) is 11.6 Å². The van der Waals surface area contributed by atoms with E-state index < -0.39 is 23.7 Å². The highest BCUT2D eigenvalue weighted by molar-refractivity contribution is 6.53. The first kappa shape index (κ1) is 14.8. The van der Waals surface area contributed by atoms with E-state index in [0.717, 1.165) is 0 Å². The maximum Gasteiger partial charge on any atom is 0.237 e. The van der Waals surface area contributed by atoms with Crippen LogP contribution in [0.5, 0.6) is 0 Å². The second kappa shape index (κ2) is 4.60. The number of hydrogen-bond donors (Lipinski definition) is 0. The Labute approximate surface area is 137 Å². The molecule has 0 amide bonds. The van der Waals surface area contributed by atoms with E-state index in [1.165, 1.54) is 12.3 Å². The van der Waals surface area contributed by atoms with E-state index in [1.54, 1.807) is 32.1 Å². The molecule has 0 saturated heterocycles. The SMILES string of the molecule is CC1(C)C(=O)C=Cc2c1ccc1c2C(=O)C(=O)c2c(CF)coc2-1. The van der Waals surface area contributed by atoms with Crippen molar-refractivity contribution in [3.8, 4) is 11.3 Å². The second-order valence-electron chi connectivity index (χ2n) is 6.53. The summed E-state index contributed by atoms with van der Waals surface area (Å²) in [6.07, 6.45) is 4.16. The fourth-order valence-corrected chi connectivity index (χ4v) is 3.44. The van der Waals surface area contributed by atoms with E-state index in [4.69, 9.17) is 4.42 Å². The normalized spacial score (nSPS) is 17.5. The zero-order chi connectivity index (χ0) is 17.2. The van der Waals surface area contributed by atoms with Crippen molar-refractivity contribution in [2.24, 2.45) is 0 Å². The minimum atomic E-state index is -0.875. The van der Waals surface area contributed by atoms with Gasteiger partial charge in [-0.2, -0.15) is 0 Å². The largest absolute Gasteiger partial charge is 0.463 e. The van der Waals surface area contributed by atoms with Crippen molar-refractivity contribution in [1.82, 2.24) is 0 Å². The third-order valence-electron chi connectivity index (χ3n) is 4.85. The standard InChI is InChI=1S/C19H13FO4/c1-19(2)12-5-3-11-15(10(12)4-6-13(19)21)17(23)16(22)14-9(7-20)8-24-18(11)14/h3-6,8H,7H2,1-2H3. The molecule has 0 bridgehead atoms. The lowest BCUT2D eigenvalue weighted by Gasteiger charge is -2.30. The smallest absolute Gasteiger partial charge is 0.237 e. The molecule has 5 heteroatoms. The van der Waals surface area contributed by atoms with E-state index >= 15 is 0 Å². The number of furan rings is 1. The number of benzene rings is 1. The fourth-order valence-electron chi connectivity index (χ4n) is 3.44. The van der Waals surface area contributed by atoms with Crippen molar-refractivity contribution >= 4 is 23.4 Å². The summed E-state index contributed by atoms with van der Waals surface area (Å²) in [7, 11) is 0. The number of carbonyl (C=O) groups is 3.